The Morgan fingerprint density at radius 3 is 2.76 bits per heavy atom. The van der Waals surface area contributed by atoms with E-state index in [9.17, 15) is 4.79 Å². The largest absolute Gasteiger partial charge is 0.361 e. The zero-order valence-electron chi connectivity index (χ0n) is 10.7. The van der Waals surface area contributed by atoms with E-state index in [0.717, 1.165) is 29.9 Å². The fraction of sp³-hybridized carbons (Fsp3) is 0.667. The number of nitrogens with zero attached hydrogens (tertiary/aromatic N) is 1. The van der Waals surface area contributed by atoms with E-state index in [1.807, 2.05) is 13.8 Å². The molecule has 1 aromatic rings. The Bertz CT molecular complexity index is 354. The minimum absolute atomic E-state index is 0.0223. The highest BCUT2D eigenvalue weighted by molar-refractivity contribution is 5.76. The van der Waals surface area contributed by atoms with Crippen LogP contribution in [0.2, 0.25) is 0 Å². The van der Waals surface area contributed by atoms with Crippen molar-refractivity contribution in [3.8, 4) is 0 Å². The Balaban J connectivity index is 2.38. The van der Waals surface area contributed by atoms with Gasteiger partial charge in [0.05, 0.1) is 5.69 Å². The van der Waals surface area contributed by atoms with Crippen LogP contribution in [0.1, 0.15) is 43.2 Å². The van der Waals surface area contributed by atoms with Crippen LogP contribution in [0.5, 0.6) is 0 Å². The van der Waals surface area contributed by atoms with Crippen molar-refractivity contribution in [3.63, 3.8) is 0 Å². The Hall–Kier alpha value is -1.36. The van der Waals surface area contributed by atoms with Gasteiger partial charge in [-0.2, -0.15) is 0 Å². The lowest BCUT2D eigenvalue weighted by Gasteiger charge is -2.10. The maximum absolute atomic E-state index is 11.6. The van der Waals surface area contributed by atoms with Gasteiger partial charge in [-0.25, -0.2) is 0 Å². The summed E-state index contributed by atoms with van der Waals surface area (Å²) in [6.07, 6.45) is 2.24. The number of nitrogens with one attached hydrogen (secondary N) is 1. The van der Waals surface area contributed by atoms with Crippen molar-refractivity contribution >= 4 is 5.91 Å². The van der Waals surface area contributed by atoms with Gasteiger partial charge >= 0.3 is 0 Å². The lowest BCUT2D eigenvalue weighted by atomic mass is 10.1. The quantitative estimate of drug-likeness (QED) is 0.786. The molecule has 0 spiro atoms. The van der Waals surface area contributed by atoms with Crippen molar-refractivity contribution in [1.82, 2.24) is 10.5 Å². The maximum Gasteiger partial charge on any atom is 0.221 e. The molecule has 0 aliphatic carbocycles. The van der Waals surface area contributed by atoms with Gasteiger partial charge in [-0.3, -0.25) is 4.79 Å². The number of carbonyl (C=O) groups is 1. The first-order valence-corrected chi connectivity index (χ1v) is 5.98. The molecule has 0 saturated heterocycles. The molecule has 5 nitrogen and oxygen atoms in total. The van der Waals surface area contributed by atoms with E-state index < -0.39 is 0 Å². The molecule has 1 atom stereocenters. The summed E-state index contributed by atoms with van der Waals surface area (Å²) in [6, 6.07) is -0.0512. The number of aryl methyl sites for hydroxylation is 2. The molecule has 0 aliphatic heterocycles. The second-order valence-electron chi connectivity index (χ2n) is 4.33. The highest BCUT2D eigenvalue weighted by atomic mass is 16.5. The topological polar surface area (TPSA) is 81.2 Å². The van der Waals surface area contributed by atoms with Crippen LogP contribution in [0, 0.1) is 13.8 Å². The lowest BCUT2D eigenvalue weighted by Crippen LogP contribution is -2.31. The molecule has 1 amide bonds. The Morgan fingerprint density at radius 1 is 1.53 bits per heavy atom. The molecule has 1 aromatic heterocycles. The maximum atomic E-state index is 11.6. The van der Waals surface area contributed by atoms with E-state index in [4.69, 9.17) is 10.3 Å². The Kier molecular flexibility index (Phi) is 5.15. The molecule has 5 heteroatoms. The summed E-state index contributed by atoms with van der Waals surface area (Å²) < 4.78 is 5.02. The van der Waals surface area contributed by atoms with Crippen LogP contribution in [0.4, 0.5) is 0 Å². The fourth-order valence-corrected chi connectivity index (χ4v) is 1.72. The van der Waals surface area contributed by atoms with Crippen LogP contribution in [-0.2, 0) is 11.3 Å². The highest BCUT2D eigenvalue weighted by Crippen LogP contribution is 2.11. The van der Waals surface area contributed by atoms with E-state index in [1.165, 1.54) is 0 Å². The van der Waals surface area contributed by atoms with Crippen molar-refractivity contribution < 1.29 is 9.32 Å². The minimum Gasteiger partial charge on any atom is -0.361 e. The number of nitrogens with two attached hydrogens (primary N) is 1. The Labute approximate surface area is 102 Å². The van der Waals surface area contributed by atoms with Gasteiger partial charge in [0.2, 0.25) is 5.91 Å². The molecule has 96 valence electrons. The molecule has 0 radical (unpaired) electrons. The predicted octanol–water partition coefficient (Wildman–Crippen LogP) is 1.43. The zero-order valence-corrected chi connectivity index (χ0v) is 10.7. The van der Waals surface area contributed by atoms with Gasteiger partial charge in [-0.1, -0.05) is 18.5 Å². The van der Waals surface area contributed by atoms with Gasteiger partial charge < -0.3 is 15.6 Å². The van der Waals surface area contributed by atoms with Gasteiger partial charge in [0.25, 0.3) is 0 Å². The monoisotopic (exact) mass is 239 g/mol. The third kappa shape index (κ3) is 4.19. The summed E-state index contributed by atoms with van der Waals surface area (Å²) in [4.78, 5) is 11.6. The molecular weight excluding hydrogens is 218 g/mol. The fourth-order valence-electron chi connectivity index (χ4n) is 1.72. The first kappa shape index (κ1) is 13.7. The Morgan fingerprint density at radius 2 is 2.24 bits per heavy atom. The van der Waals surface area contributed by atoms with Gasteiger partial charge in [0.1, 0.15) is 5.76 Å². The van der Waals surface area contributed by atoms with E-state index >= 15 is 0 Å². The first-order chi connectivity index (χ1) is 8.04. The molecule has 1 rings (SSSR count). The third-order valence-electron chi connectivity index (χ3n) is 2.75. The molecule has 0 fully saturated rings. The van der Waals surface area contributed by atoms with Crippen LogP contribution < -0.4 is 11.1 Å². The second-order valence-corrected chi connectivity index (χ2v) is 4.33. The van der Waals surface area contributed by atoms with E-state index in [-0.39, 0.29) is 11.9 Å². The van der Waals surface area contributed by atoms with E-state index in [1.54, 1.807) is 0 Å². The SMILES string of the molecule is CCCC(N)CC(=O)NCc1c(C)noc1C. The van der Waals surface area contributed by atoms with Crippen molar-refractivity contribution in [2.45, 2.75) is 52.6 Å². The number of carbonyl (C=O) groups excluding carboxylic acids is 1. The van der Waals surface area contributed by atoms with Crippen LogP contribution in [0.3, 0.4) is 0 Å². The average molecular weight is 239 g/mol. The second kappa shape index (κ2) is 6.39. The van der Waals surface area contributed by atoms with Crippen LogP contribution in [-0.4, -0.2) is 17.1 Å². The molecule has 0 aliphatic rings. The van der Waals surface area contributed by atoms with Crippen molar-refractivity contribution in [3.05, 3.63) is 17.0 Å². The lowest BCUT2D eigenvalue weighted by molar-refractivity contribution is -0.121. The van der Waals surface area contributed by atoms with Gasteiger partial charge in [-0.05, 0) is 20.3 Å². The number of hydrogen-bond acceptors (Lipinski definition) is 4. The van der Waals surface area contributed by atoms with Crippen molar-refractivity contribution in [2.75, 3.05) is 0 Å². The van der Waals surface area contributed by atoms with Crippen LogP contribution in [0.25, 0.3) is 0 Å². The summed E-state index contributed by atoms with van der Waals surface area (Å²) in [6.45, 7) is 6.21. The summed E-state index contributed by atoms with van der Waals surface area (Å²) in [5, 5.41) is 6.67. The number of aromatic nitrogens is 1. The third-order valence-corrected chi connectivity index (χ3v) is 2.75. The summed E-state index contributed by atoms with van der Waals surface area (Å²) in [5.74, 6) is 0.728. The molecule has 1 heterocycles. The van der Waals surface area contributed by atoms with Crippen LogP contribution >= 0.6 is 0 Å². The normalized spacial score (nSPS) is 12.5. The molecule has 1 unspecified atom stereocenters. The standard InChI is InChI=1S/C12H21N3O2/c1-4-5-10(13)6-12(16)14-7-11-8(2)15-17-9(11)3/h10H,4-7,13H2,1-3H3,(H,14,16). The van der Waals surface area contributed by atoms with Crippen LogP contribution in [0.15, 0.2) is 4.52 Å². The summed E-state index contributed by atoms with van der Waals surface area (Å²) in [7, 11) is 0. The molecular formula is C12H21N3O2. The first-order valence-electron chi connectivity index (χ1n) is 5.98. The minimum atomic E-state index is -0.0512. The zero-order chi connectivity index (χ0) is 12.8. The molecule has 0 bridgehead atoms. The van der Waals surface area contributed by atoms with Gasteiger partial charge in [-0.15, -0.1) is 0 Å². The van der Waals surface area contributed by atoms with E-state index in [0.29, 0.717) is 13.0 Å². The number of amides is 1. The summed E-state index contributed by atoms with van der Waals surface area (Å²) >= 11 is 0. The number of hydrogen-bond donors (Lipinski definition) is 2. The molecule has 0 aromatic carbocycles. The smallest absolute Gasteiger partial charge is 0.221 e. The highest BCUT2D eigenvalue weighted by Gasteiger charge is 2.12. The van der Waals surface area contributed by atoms with Gasteiger partial charge in [0.15, 0.2) is 0 Å². The van der Waals surface area contributed by atoms with Crippen molar-refractivity contribution in [1.29, 1.82) is 0 Å². The molecule has 0 saturated carbocycles. The summed E-state index contributed by atoms with van der Waals surface area (Å²) in [5.41, 5.74) is 7.57. The average Bonchev–Trinajstić information content (AvgIpc) is 2.56. The number of rotatable bonds is 6. The van der Waals surface area contributed by atoms with Gasteiger partial charge in [0, 0.05) is 24.6 Å². The molecule has 17 heavy (non-hydrogen) atoms. The predicted molar refractivity (Wildman–Crippen MR) is 65.3 cm³/mol. The van der Waals surface area contributed by atoms with E-state index in [2.05, 4.69) is 17.4 Å². The van der Waals surface area contributed by atoms with Crippen molar-refractivity contribution in [2.24, 2.45) is 5.73 Å². The molecule has 3 N–H and O–H groups in total.